The molecule has 3 heterocycles. The van der Waals surface area contributed by atoms with Crippen molar-refractivity contribution >= 4 is 17.4 Å². The number of nitrogens with zero attached hydrogens (tertiary/aromatic N) is 4. The highest BCUT2D eigenvalue weighted by molar-refractivity contribution is 6.05. The molecular formula is C24H24N4O3. The molecule has 0 atom stereocenters. The second-order valence-corrected chi connectivity index (χ2v) is 6.91. The number of benzene rings is 1. The van der Waals surface area contributed by atoms with Crippen molar-refractivity contribution in [1.29, 1.82) is 0 Å². The fourth-order valence-corrected chi connectivity index (χ4v) is 3.39. The van der Waals surface area contributed by atoms with Crippen LogP contribution in [0.4, 0.5) is 5.82 Å². The Kier molecular flexibility index (Phi) is 6.12. The van der Waals surface area contributed by atoms with E-state index in [9.17, 15) is 4.79 Å². The molecule has 7 nitrogen and oxygen atoms in total. The number of aryl methyl sites for hydroxylation is 1. The van der Waals surface area contributed by atoms with Gasteiger partial charge in [0.1, 0.15) is 24.8 Å². The summed E-state index contributed by atoms with van der Waals surface area (Å²) in [5.41, 5.74) is 2.06. The third-order valence-corrected chi connectivity index (χ3v) is 4.90. The number of hydrogen-bond donors (Lipinski definition) is 0. The number of anilines is 1. The summed E-state index contributed by atoms with van der Waals surface area (Å²) in [4.78, 5) is 23.4. The average molecular weight is 416 g/mol. The number of ether oxygens (including phenoxy) is 2. The molecule has 0 N–H and O–H groups in total. The van der Waals surface area contributed by atoms with Crippen LogP contribution >= 0.6 is 0 Å². The van der Waals surface area contributed by atoms with E-state index in [2.05, 4.69) is 4.98 Å². The third-order valence-electron chi connectivity index (χ3n) is 4.90. The summed E-state index contributed by atoms with van der Waals surface area (Å²) in [5.74, 6) is 2.05. The smallest absolute Gasteiger partial charge is 0.259 e. The van der Waals surface area contributed by atoms with Gasteiger partial charge < -0.3 is 9.47 Å². The molecule has 0 aliphatic rings. The van der Waals surface area contributed by atoms with Gasteiger partial charge in [-0.2, -0.15) is 0 Å². The Morgan fingerprint density at radius 3 is 2.48 bits per heavy atom. The molecule has 0 radical (unpaired) electrons. The second-order valence-electron chi connectivity index (χ2n) is 6.91. The van der Waals surface area contributed by atoms with Gasteiger partial charge >= 0.3 is 0 Å². The highest BCUT2D eigenvalue weighted by atomic mass is 16.5. The van der Waals surface area contributed by atoms with Crippen LogP contribution in [0.2, 0.25) is 0 Å². The SMILES string of the molecule is CCc1nc2c(OCCOc3ccccc3)cccn2c1N(C)C(=O)c1ccncc1. The first kappa shape index (κ1) is 20.4. The predicted octanol–water partition coefficient (Wildman–Crippen LogP) is 4.03. The van der Waals surface area contributed by atoms with Crippen LogP contribution in [0, 0.1) is 0 Å². The molecule has 0 saturated heterocycles. The van der Waals surface area contributed by atoms with Crippen molar-refractivity contribution in [2.45, 2.75) is 13.3 Å². The van der Waals surface area contributed by atoms with E-state index in [1.807, 2.05) is 60.0 Å². The number of pyridine rings is 2. The first-order valence-corrected chi connectivity index (χ1v) is 10.2. The molecule has 158 valence electrons. The minimum Gasteiger partial charge on any atom is -0.490 e. The van der Waals surface area contributed by atoms with Crippen LogP contribution in [0.3, 0.4) is 0 Å². The molecule has 4 aromatic rings. The van der Waals surface area contributed by atoms with E-state index in [1.54, 1.807) is 36.5 Å². The van der Waals surface area contributed by atoms with E-state index in [0.717, 1.165) is 17.3 Å². The minimum absolute atomic E-state index is 0.124. The third kappa shape index (κ3) is 4.35. The van der Waals surface area contributed by atoms with Crippen LogP contribution in [-0.4, -0.2) is 40.5 Å². The molecule has 4 rings (SSSR count). The molecule has 0 unspecified atom stereocenters. The lowest BCUT2D eigenvalue weighted by Gasteiger charge is -2.18. The molecule has 0 fully saturated rings. The van der Waals surface area contributed by atoms with Crippen LogP contribution < -0.4 is 14.4 Å². The Morgan fingerprint density at radius 1 is 1.00 bits per heavy atom. The lowest BCUT2D eigenvalue weighted by atomic mass is 10.2. The molecule has 3 aromatic heterocycles. The zero-order valence-electron chi connectivity index (χ0n) is 17.6. The van der Waals surface area contributed by atoms with Gasteiger partial charge in [-0.15, -0.1) is 0 Å². The second kappa shape index (κ2) is 9.30. The fourth-order valence-electron chi connectivity index (χ4n) is 3.39. The minimum atomic E-state index is -0.124. The van der Waals surface area contributed by atoms with Crippen molar-refractivity contribution in [2.24, 2.45) is 0 Å². The van der Waals surface area contributed by atoms with Gasteiger partial charge in [0.15, 0.2) is 11.4 Å². The van der Waals surface area contributed by atoms with Crippen molar-refractivity contribution in [3.05, 3.63) is 84.4 Å². The summed E-state index contributed by atoms with van der Waals surface area (Å²) in [6.07, 6.45) is 5.79. The lowest BCUT2D eigenvalue weighted by molar-refractivity contribution is 0.0992. The molecular weight excluding hydrogens is 392 g/mol. The maximum atomic E-state index is 13.0. The van der Waals surface area contributed by atoms with E-state index in [0.29, 0.717) is 36.6 Å². The molecule has 7 heteroatoms. The van der Waals surface area contributed by atoms with E-state index in [-0.39, 0.29) is 5.91 Å². The quantitative estimate of drug-likeness (QED) is 0.406. The number of hydrogen-bond acceptors (Lipinski definition) is 5. The summed E-state index contributed by atoms with van der Waals surface area (Å²) in [6, 6.07) is 16.8. The summed E-state index contributed by atoms with van der Waals surface area (Å²) in [5, 5.41) is 0. The van der Waals surface area contributed by atoms with Gasteiger partial charge in [-0.05, 0) is 42.8 Å². The number of imidazole rings is 1. The number of rotatable bonds is 8. The van der Waals surface area contributed by atoms with Crippen molar-refractivity contribution < 1.29 is 14.3 Å². The maximum absolute atomic E-state index is 13.0. The first-order valence-electron chi connectivity index (χ1n) is 10.2. The topological polar surface area (TPSA) is 69.0 Å². The molecule has 0 saturated carbocycles. The first-order chi connectivity index (χ1) is 15.2. The van der Waals surface area contributed by atoms with Crippen molar-refractivity contribution in [3.8, 4) is 11.5 Å². The zero-order chi connectivity index (χ0) is 21.6. The largest absolute Gasteiger partial charge is 0.490 e. The Hall–Kier alpha value is -3.87. The van der Waals surface area contributed by atoms with Crippen molar-refractivity contribution in [2.75, 3.05) is 25.2 Å². The summed E-state index contributed by atoms with van der Waals surface area (Å²) >= 11 is 0. The highest BCUT2D eigenvalue weighted by Crippen LogP contribution is 2.28. The number of para-hydroxylation sites is 1. The maximum Gasteiger partial charge on any atom is 0.259 e. The van der Waals surface area contributed by atoms with Crippen molar-refractivity contribution in [3.63, 3.8) is 0 Å². The molecule has 1 aromatic carbocycles. The number of aromatic nitrogens is 3. The number of fused-ring (bicyclic) bond motifs is 1. The van der Waals surface area contributed by atoms with Gasteiger partial charge in [0.05, 0.1) is 5.69 Å². The Morgan fingerprint density at radius 2 is 1.74 bits per heavy atom. The van der Waals surface area contributed by atoms with E-state index in [1.165, 1.54) is 0 Å². The number of amides is 1. The van der Waals surface area contributed by atoms with Crippen LogP contribution in [0.5, 0.6) is 11.5 Å². The van der Waals surface area contributed by atoms with Gasteiger partial charge in [-0.1, -0.05) is 25.1 Å². The summed E-state index contributed by atoms with van der Waals surface area (Å²) in [7, 11) is 1.76. The lowest BCUT2D eigenvalue weighted by Crippen LogP contribution is -2.28. The number of carbonyl (C=O) groups is 1. The molecule has 0 spiro atoms. The molecule has 31 heavy (non-hydrogen) atoms. The van der Waals surface area contributed by atoms with E-state index < -0.39 is 0 Å². The van der Waals surface area contributed by atoms with Crippen LogP contribution in [0.15, 0.2) is 73.2 Å². The van der Waals surface area contributed by atoms with Crippen LogP contribution in [-0.2, 0) is 6.42 Å². The molecule has 0 aliphatic carbocycles. The standard InChI is InChI=1S/C24H24N4O3/c1-3-20-23(27(2)24(29)18-11-13-25-14-12-18)28-15-7-10-21(22(28)26-20)31-17-16-30-19-8-5-4-6-9-19/h4-15H,3,16-17H2,1-2H3. The Labute approximate surface area is 180 Å². The van der Waals surface area contributed by atoms with Gasteiger partial charge in [0.2, 0.25) is 0 Å². The molecule has 0 bridgehead atoms. The van der Waals surface area contributed by atoms with E-state index >= 15 is 0 Å². The van der Waals surface area contributed by atoms with Crippen molar-refractivity contribution in [1.82, 2.24) is 14.4 Å². The van der Waals surface area contributed by atoms with Crippen LogP contribution in [0.1, 0.15) is 23.0 Å². The molecule has 0 aliphatic heterocycles. The van der Waals surface area contributed by atoms with Gasteiger partial charge in [0.25, 0.3) is 5.91 Å². The Bertz CT molecular complexity index is 1160. The normalized spacial score (nSPS) is 10.8. The monoisotopic (exact) mass is 416 g/mol. The molecule has 1 amide bonds. The fraction of sp³-hybridized carbons (Fsp3) is 0.208. The zero-order valence-corrected chi connectivity index (χ0v) is 17.6. The van der Waals surface area contributed by atoms with Crippen LogP contribution in [0.25, 0.3) is 5.65 Å². The number of carbonyl (C=O) groups excluding carboxylic acids is 1. The predicted molar refractivity (Wildman–Crippen MR) is 119 cm³/mol. The highest BCUT2D eigenvalue weighted by Gasteiger charge is 2.22. The van der Waals surface area contributed by atoms with Gasteiger partial charge in [-0.25, -0.2) is 4.98 Å². The van der Waals surface area contributed by atoms with E-state index in [4.69, 9.17) is 14.5 Å². The summed E-state index contributed by atoms with van der Waals surface area (Å²) in [6.45, 7) is 2.81. The summed E-state index contributed by atoms with van der Waals surface area (Å²) < 4.78 is 13.6. The Balaban J connectivity index is 1.56. The average Bonchev–Trinajstić information content (AvgIpc) is 3.21. The van der Waals surface area contributed by atoms with Gasteiger partial charge in [0, 0.05) is 31.2 Å². The van der Waals surface area contributed by atoms with Gasteiger partial charge in [-0.3, -0.25) is 19.1 Å².